The average molecular weight is 363 g/mol. The van der Waals surface area contributed by atoms with Gasteiger partial charge in [0, 0.05) is 12.1 Å². The third kappa shape index (κ3) is 5.10. The van der Waals surface area contributed by atoms with E-state index >= 15 is 0 Å². The minimum atomic E-state index is -0.0331. The Morgan fingerprint density at radius 3 is 2.48 bits per heavy atom. The molecule has 25 heavy (non-hydrogen) atoms. The Labute approximate surface area is 156 Å². The molecule has 1 N–H and O–H groups in total. The van der Waals surface area contributed by atoms with E-state index < -0.39 is 0 Å². The molecule has 1 saturated heterocycles. The number of carbonyl (C=O) groups is 1. The third-order valence-corrected chi connectivity index (χ3v) is 4.84. The van der Waals surface area contributed by atoms with Crippen LogP contribution >= 0.6 is 12.4 Å². The van der Waals surface area contributed by atoms with Crippen LogP contribution in [0.5, 0.6) is 0 Å². The highest BCUT2D eigenvalue weighted by atomic mass is 35.5. The van der Waals surface area contributed by atoms with Crippen LogP contribution in [0, 0.1) is 12.8 Å². The van der Waals surface area contributed by atoms with Gasteiger partial charge in [0.2, 0.25) is 0 Å². The Balaban J connectivity index is 0.00000225. The van der Waals surface area contributed by atoms with Crippen LogP contribution < -0.4 is 5.32 Å². The summed E-state index contributed by atoms with van der Waals surface area (Å²) in [5.74, 6) is 2.60. The minimum absolute atomic E-state index is 0. The molecule has 1 atom stereocenters. The molecule has 2 heterocycles. The summed E-state index contributed by atoms with van der Waals surface area (Å²) in [5, 5.41) is 3.07. The number of nitrogens with zero attached hydrogens (tertiary/aromatic N) is 1. The van der Waals surface area contributed by atoms with Crippen molar-refractivity contribution in [3.8, 4) is 0 Å². The Morgan fingerprint density at radius 2 is 1.88 bits per heavy atom. The van der Waals surface area contributed by atoms with Crippen LogP contribution in [0.4, 0.5) is 0 Å². The molecule has 5 heteroatoms. The first-order valence-electron chi connectivity index (χ1n) is 8.77. The number of furan rings is 1. The summed E-state index contributed by atoms with van der Waals surface area (Å²) in [6, 6.07) is 13.5. The van der Waals surface area contributed by atoms with Crippen molar-refractivity contribution >= 4 is 18.3 Å². The predicted octanol–water partition coefficient (Wildman–Crippen LogP) is 4.21. The minimum Gasteiger partial charge on any atom is -0.465 e. The highest BCUT2D eigenvalue weighted by Gasteiger charge is 2.27. The fraction of sp³-hybridized carbons (Fsp3) is 0.450. The first-order chi connectivity index (χ1) is 11.6. The molecule has 1 aromatic heterocycles. The van der Waals surface area contributed by atoms with Crippen LogP contribution in [0.2, 0.25) is 0 Å². The topological polar surface area (TPSA) is 45.5 Å². The quantitative estimate of drug-likeness (QED) is 0.866. The van der Waals surface area contributed by atoms with E-state index in [4.69, 9.17) is 4.42 Å². The number of likely N-dealkylation sites (tertiary alicyclic amines) is 1. The summed E-state index contributed by atoms with van der Waals surface area (Å²) in [4.78, 5) is 14.8. The van der Waals surface area contributed by atoms with Gasteiger partial charge in [-0.1, -0.05) is 25.1 Å². The fourth-order valence-electron chi connectivity index (χ4n) is 3.26. The van der Waals surface area contributed by atoms with E-state index in [2.05, 4.69) is 17.1 Å². The Kier molecular flexibility index (Phi) is 7.09. The maximum atomic E-state index is 12.4. The number of amides is 1. The van der Waals surface area contributed by atoms with Crippen LogP contribution in [0.25, 0.3) is 0 Å². The zero-order chi connectivity index (χ0) is 16.9. The zero-order valence-electron chi connectivity index (χ0n) is 14.9. The second-order valence-corrected chi connectivity index (χ2v) is 6.76. The van der Waals surface area contributed by atoms with Gasteiger partial charge < -0.3 is 9.73 Å². The van der Waals surface area contributed by atoms with Crippen molar-refractivity contribution in [1.29, 1.82) is 0 Å². The number of aryl methyl sites for hydroxylation is 1. The second kappa shape index (κ2) is 9.07. The molecular weight excluding hydrogens is 336 g/mol. The Hall–Kier alpha value is -1.78. The number of rotatable bonds is 5. The molecule has 1 aliphatic rings. The van der Waals surface area contributed by atoms with Gasteiger partial charge in [0.05, 0.1) is 6.04 Å². The molecule has 0 bridgehead atoms. The third-order valence-electron chi connectivity index (χ3n) is 4.84. The molecule has 1 aliphatic heterocycles. The zero-order valence-corrected chi connectivity index (χ0v) is 15.7. The van der Waals surface area contributed by atoms with Gasteiger partial charge in [0.15, 0.2) is 0 Å². The molecule has 3 rings (SSSR count). The number of halogens is 1. The average Bonchev–Trinajstić information content (AvgIpc) is 3.03. The van der Waals surface area contributed by atoms with Crippen LogP contribution in [0.1, 0.15) is 47.7 Å². The maximum Gasteiger partial charge on any atom is 0.251 e. The molecule has 0 saturated carbocycles. The van der Waals surface area contributed by atoms with Crippen molar-refractivity contribution in [1.82, 2.24) is 10.2 Å². The molecule has 1 aromatic carbocycles. The van der Waals surface area contributed by atoms with Crippen molar-refractivity contribution in [3.05, 3.63) is 59.5 Å². The molecule has 0 aliphatic carbocycles. The van der Waals surface area contributed by atoms with Gasteiger partial charge in [-0.3, -0.25) is 9.69 Å². The van der Waals surface area contributed by atoms with Crippen molar-refractivity contribution in [2.75, 3.05) is 19.6 Å². The van der Waals surface area contributed by atoms with Crippen molar-refractivity contribution in [3.63, 3.8) is 0 Å². The van der Waals surface area contributed by atoms with E-state index in [1.165, 1.54) is 12.8 Å². The van der Waals surface area contributed by atoms with Crippen molar-refractivity contribution < 1.29 is 9.21 Å². The predicted molar refractivity (Wildman–Crippen MR) is 102 cm³/mol. The lowest BCUT2D eigenvalue weighted by Crippen LogP contribution is -2.41. The lowest BCUT2D eigenvalue weighted by atomic mass is 9.97. The number of hydrogen-bond acceptors (Lipinski definition) is 3. The largest absolute Gasteiger partial charge is 0.465 e. The van der Waals surface area contributed by atoms with Gasteiger partial charge in [0.25, 0.3) is 5.91 Å². The number of carbonyl (C=O) groups excluding carboxylic acids is 1. The summed E-state index contributed by atoms with van der Waals surface area (Å²) < 4.78 is 5.87. The van der Waals surface area contributed by atoms with E-state index in [0.29, 0.717) is 12.1 Å². The molecule has 1 fully saturated rings. The normalized spacial score (nSPS) is 16.9. The van der Waals surface area contributed by atoms with E-state index in [0.717, 1.165) is 30.5 Å². The SMILES string of the molecule is Cc1ccc(C(CNC(=O)c2ccccc2)N2CCC(C)CC2)o1.Cl. The molecule has 2 aromatic rings. The van der Waals surface area contributed by atoms with E-state index in [-0.39, 0.29) is 24.4 Å². The summed E-state index contributed by atoms with van der Waals surface area (Å²) in [6.45, 7) is 6.93. The molecule has 1 amide bonds. The van der Waals surface area contributed by atoms with E-state index in [1.54, 1.807) is 0 Å². The molecular formula is C20H27ClN2O2. The van der Waals surface area contributed by atoms with Gasteiger partial charge in [-0.25, -0.2) is 0 Å². The molecule has 136 valence electrons. The van der Waals surface area contributed by atoms with Gasteiger partial charge in [-0.15, -0.1) is 12.4 Å². The molecule has 1 unspecified atom stereocenters. The highest BCUT2D eigenvalue weighted by molar-refractivity contribution is 5.94. The number of benzene rings is 1. The van der Waals surface area contributed by atoms with Crippen LogP contribution in [-0.2, 0) is 0 Å². The van der Waals surface area contributed by atoms with Crippen molar-refractivity contribution in [2.24, 2.45) is 5.92 Å². The van der Waals surface area contributed by atoms with Gasteiger partial charge >= 0.3 is 0 Å². The lowest BCUT2D eigenvalue weighted by molar-refractivity contribution is 0.0895. The summed E-state index contributed by atoms with van der Waals surface area (Å²) >= 11 is 0. The second-order valence-electron chi connectivity index (χ2n) is 6.76. The Morgan fingerprint density at radius 1 is 1.20 bits per heavy atom. The number of hydrogen-bond donors (Lipinski definition) is 1. The molecule has 0 radical (unpaired) electrons. The van der Waals surface area contributed by atoms with Crippen LogP contribution in [0.3, 0.4) is 0 Å². The van der Waals surface area contributed by atoms with Gasteiger partial charge in [0.1, 0.15) is 11.5 Å². The van der Waals surface area contributed by atoms with Crippen molar-refractivity contribution in [2.45, 2.75) is 32.7 Å². The fourth-order valence-corrected chi connectivity index (χ4v) is 3.26. The lowest BCUT2D eigenvalue weighted by Gasteiger charge is -2.35. The first-order valence-corrected chi connectivity index (χ1v) is 8.77. The number of nitrogens with one attached hydrogen (secondary N) is 1. The van der Waals surface area contributed by atoms with E-state index in [1.807, 2.05) is 49.4 Å². The molecule has 4 nitrogen and oxygen atoms in total. The van der Waals surface area contributed by atoms with Gasteiger partial charge in [-0.2, -0.15) is 0 Å². The summed E-state index contributed by atoms with van der Waals surface area (Å²) in [7, 11) is 0. The van der Waals surface area contributed by atoms with Crippen LogP contribution in [-0.4, -0.2) is 30.4 Å². The monoisotopic (exact) mass is 362 g/mol. The first kappa shape index (κ1) is 19.5. The maximum absolute atomic E-state index is 12.4. The smallest absolute Gasteiger partial charge is 0.251 e. The number of piperidine rings is 1. The summed E-state index contributed by atoms with van der Waals surface area (Å²) in [5.41, 5.74) is 0.694. The van der Waals surface area contributed by atoms with Crippen LogP contribution in [0.15, 0.2) is 46.9 Å². The summed E-state index contributed by atoms with van der Waals surface area (Å²) in [6.07, 6.45) is 2.39. The Bertz CT molecular complexity index is 663. The highest BCUT2D eigenvalue weighted by Crippen LogP contribution is 2.27. The van der Waals surface area contributed by atoms with E-state index in [9.17, 15) is 4.79 Å². The van der Waals surface area contributed by atoms with Gasteiger partial charge in [-0.05, 0) is 63.0 Å². The molecule has 0 spiro atoms. The standard InChI is InChI=1S/C20H26N2O2.ClH/c1-15-10-12-22(13-11-15)18(19-9-8-16(2)24-19)14-21-20(23)17-6-4-3-5-7-17;/h3-9,15,18H,10-14H2,1-2H3,(H,21,23);1H.